The van der Waals surface area contributed by atoms with E-state index in [1.54, 1.807) is 12.3 Å². The quantitative estimate of drug-likeness (QED) is 0.827. The second-order valence-corrected chi connectivity index (χ2v) is 4.18. The molecule has 0 saturated heterocycles. The Morgan fingerprint density at radius 3 is 3.00 bits per heavy atom. The van der Waals surface area contributed by atoms with Crippen LogP contribution in [0.5, 0.6) is 0 Å². The first-order chi connectivity index (χ1) is 8.70. The largest absolute Gasteiger partial charge is 0.441 e. The number of aryl methyl sites for hydroxylation is 1. The van der Waals surface area contributed by atoms with Crippen molar-refractivity contribution in [2.45, 2.75) is 20.3 Å². The van der Waals surface area contributed by atoms with Crippen LogP contribution in [0.2, 0.25) is 0 Å². The number of aromatic nitrogens is 1. The van der Waals surface area contributed by atoms with E-state index in [9.17, 15) is 4.39 Å². The van der Waals surface area contributed by atoms with E-state index in [0.717, 1.165) is 30.6 Å². The molecular weight excluding hydrogens is 231 g/mol. The number of hydrogen-bond acceptors (Lipinski definition) is 3. The van der Waals surface area contributed by atoms with E-state index in [2.05, 4.69) is 17.2 Å². The zero-order chi connectivity index (χ0) is 13.0. The van der Waals surface area contributed by atoms with Crippen molar-refractivity contribution in [1.29, 1.82) is 0 Å². The number of rotatable bonds is 5. The topological polar surface area (TPSA) is 38.1 Å². The van der Waals surface area contributed by atoms with Crippen molar-refractivity contribution >= 4 is 0 Å². The number of benzene rings is 1. The fourth-order valence-electron chi connectivity index (χ4n) is 1.78. The standard InChI is InChI=1S/C14H17FN2O/c1-3-16-7-6-14-17-9-13(18-14)12-8-11(15)5-4-10(12)2/h4-5,8-9,16H,3,6-7H2,1-2H3. The second kappa shape index (κ2) is 5.78. The van der Waals surface area contributed by atoms with E-state index in [1.807, 2.05) is 6.92 Å². The minimum absolute atomic E-state index is 0.263. The normalized spacial score (nSPS) is 10.8. The highest BCUT2D eigenvalue weighted by Gasteiger charge is 2.09. The summed E-state index contributed by atoms with van der Waals surface area (Å²) in [6.45, 7) is 5.74. The monoisotopic (exact) mass is 248 g/mol. The van der Waals surface area contributed by atoms with Crippen LogP contribution in [0.25, 0.3) is 11.3 Å². The van der Waals surface area contributed by atoms with Crippen LogP contribution in [0.4, 0.5) is 4.39 Å². The van der Waals surface area contributed by atoms with Crippen LogP contribution in [0.1, 0.15) is 18.4 Å². The fourth-order valence-corrected chi connectivity index (χ4v) is 1.78. The SMILES string of the molecule is CCNCCc1ncc(-c2cc(F)ccc2C)o1. The molecule has 1 heterocycles. The Kier molecular flexibility index (Phi) is 4.10. The van der Waals surface area contributed by atoms with E-state index in [-0.39, 0.29) is 5.82 Å². The Hall–Kier alpha value is -1.68. The molecule has 0 aliphatic heterocycles. The van der Waals surface area contributed by atoms with Crippen molar-refractivity contribution in [2.24, 2.45) is 0 Å². The third kappa shape index (κ3) is 2.96. The summed E-state index contributed by atoms with van der Waals surface area (Å²) in [5, 5.41) is 3.21. The van der Waals surface area contributed by atoms with Crippen LogP contribution in [0.3, 0.4) is 0 Å². The highest BCUT2D eigenvalue weighted by molar-refractivity contribution is 5.61. The lowest BCUT2D eigenvalue weighted by atomic mass is 10.1. The van der Waals surface area contributed by atoms with Gasteiger partial charge in [-0.05, 0) is 31.2 Å². The Balaban J connectivity index is 2.16. The number of hydrogen-bond donors (Lipinski definition) is 1. The van der Waals surface area contributed by atoms with Gasteiger partial charge in [0.05, 0.1) is 6.20 Å². The highest BCUT2D eigenvalue weighted by Crippen LogP contribution is 2.25. The third-order valence-corrected chi connectivity index (χ3v) is 2.78. The predicted molar refractivity (Wildman–Crippen MR) is 68.9 cm³/mol. The molecule has 18 heavy (non-hydrogen) atoms. The first kappa shape index (κ1) is 12.8. The van der Waals surface area contributed by atoms with Gasteiger partial charge in [0.2, 0.25) is 0 Å². The lowest BCUT2D eigenvalue weighted by Crippen LogP contribution is -2.16. The fraction of sp³-hybridized carbons (Fsp3) is 0.357. The second-order valence-electron chi connectivity index (χ2n) is 4.18. The van der Waals surface area contributed by atoms with E-state index < -0.39 is 0 Å². The van der Waals surface area contributed by atoms with Gasteiger partial charge in [-0.3, -0.25) is 0 Å². The zero-order valence-electron chi connectivity index (χ0n) is 10.7. The molecule has 0 atom stereocenters. The molecule has 0 fully saturated rings. The molecule has 1 aromatic heterocycles. The Bertz CT molecular complexity index is 522. The summed E-state index contributed by atoms with van der Waals surface area (Å²) in [5.74, 6) is 1.04. The van der Waals surface area contributed by atoms with Gasteiger partial charge in [0, 0.05) is 18.5 Å². The van der Waals surface area contributed by atoms with Gasteiger partial charge >= 0.3 is 0 Å². The number of likely N-dealkylation sites (N-methyl/N-ethyl adjacent to an activating group) is 1. The van der Waals surface area contributed by atoms with Crippen LogP contribution in [0.15, 0.2) is 28.8 Å². The molecule has 0 radical (unpaired) electrons. The van der Waals surface area contributed by atoms with Crippen LogP contribution >= 0.6 is 0 Å². The minimum Gasteiger partial charge on any atom is -0.441 e. The number of oxazole rings is 1. The van der Waals surface area contributed by atoms with Gasteiger partial charge < -0.3 is 9.73 Å². The number of nitrogens with zero attached hydrogens (tertiary/aromatic N) is 1. The maximum Gasteiger partial charge on any atom is 0.196 e. The maximum atomic E-state index is 13.2. The summed E-state index contributed by atoms with van der Waals surface area (Å²) < 4.78 is 18.9. The molecule has 0 aliphatic rings. The Labute approximate surface area is 106 Å². The first-order valence-corrected chi connectivity index (χ1v) is 6.12. The van der Waals surface area contributed by atoms with Crippen molar-refractivity contribution in [3.8, 4) is 11.3 Å². The molecule has 2 aromatic rings. The third-order valence-electron chi connectivity index (χ3n) is 2.78. The summed E-state index contributed by atoms with van der Waals surface area (Å²) in [4.78, 5) is 4.21. The van der Waals surface area contributed by atoms with Crippen molar-refractivity contribution in [3.05, 3.63) is 41.7 Å². The molecular formula is C14H17FN2O. The van der Waals surface area contributed by atoms with Crippen LogP contribution in [0, 0.1) is 12.7 Å². The molecule has 96 valence electrons. The molecule has 0 spiro atoms. The van der Waals surface area contributed by atoms with Crippen molar-refractivity contribution in [3.63, 3.8) is 0 Å². The molecule has 4 heteroatoms. The highest BCUT2D eigenvalue weighted by atomic mass is 19.1. The van der Waals surface area contributed by atoms with E-state index in [1.165, 1.54) is 12.1 Å². The number of halogens is 1. The van der Waals surface area contributed by atoms with Gasteiger partial charge in [0.25, 0.3) is 0 Å². The first-order valence-electron chi connectivity index (χ1n) is 6.12. The molecule has 0 saturated carbocycles. The molecule has 0 unspecified atom stereocenters. The summed E-state index contributed by atoms with van der Waals surface area (Å²) in [6, 6.07) is 4.66. The van der Waals surface area contributed by atoms with Gasteiger partial charge in [-0.15, -0.1) is 0 Å². The molecule has 3 nitrogen and oxygen atoms in total. The Morgan fingerprint density at radius 2 is 2.22 bits per heavy atom. The predicted octanol–water partition coefficient (Wildman–Crippen LogP) is 2.94. The van der Waals surface area contributed by atoms with Gasteiger partial charge in [0.15, 0.2) is 11.7 Å². The molecule has 2 rings (SSSR count). The summed E-state index contributed by atoms with van der Waals surface area (Å²) >= 11 is 0. The minimum atomic E-state index is -0.263. The molecule has 0 bridgehead atoms. The smallest absolute Gasteiger partial charge is 0.196 e. The van der Waals surface area contributed by atoms with Gasteiger partial charge in [0.1, 0.15) is 5.82 Å². The van der Waals surface area contributed by atoms with Crippen molar-refractivity contribution < 1.29 is 8.81 Å². The molecule has 0 amide bonds. The average molecular weight is 248 g/mol. The van der Waals surface area contributed by atoms with Crippen LogP contribution in [-0.4, -0.2) is 18.1 Å². The van der Waals surface area contributed by atoms with E-state index in [0.29, 0.717) is 11.7 Å². The van der Waals surface area contributed by atoms with Gasteiger partial charge in [-0.25, -0.2) is 9.37 Å². The summed E-state index contributed by atoms with van der Waals surface area (Å²) in [6.07, 6.45) is 2.39. The van der Waals surface area contributed by atoms with E-state index in [4.69, 9.17) is 4.42 Å². The van der Waals surface area contributed by atoms with Crippen molar-refractivity contribution in [2.75, 3.05) is 13.1 Å². The molecule has 1 N–H and O–H groups in total. The summed E-state index contributed by atoms with van der Waals surface area (Å²) in [5.41, 5.74) is 1.74. The van der Waals surface area contributed by atoms with Crippen LogP contribution < -0.4 is 5.32 Å². The summed E-state index contributed by atoms with van der Waals surface area (Å²) in [7, 11) is 0. The lowest BCUT2D eigenvalue weighted by molar-refractivity contribution is 0.496. The van der Waals surface area contributed by atoms with E-state index >= 15 is 0 Å². The zero-order valence-corrected chi connectivity index (χ0v) is 10.7. The van der Waals surface area contributed by atoms with Crippen LogP contribution in [-0.2, 0) is 6.42 Å². The van der Waals surface area contributed by atoms with Gasteiger partial charge in [-0.2, -0.15) is 0 Å². The van der Waals surface area contributed by atoms with Crippen molar-refractivity contribution in [1.82, 2.24) is 10.3 Å². The molecule has 0 aliphatic carbocycles. The number of nitrogens with one attached hydrogen (secondary N) is 1. The maximum absolute atomic E-state index is 13.2. The van der Waals surface area contributed by atoms with Gasteiger partial charge in [-0.1, -0.05) is 13.0 Å². The average Bonchev–Trinajstić information content (AvgIpc) is 2.81. The molecule has 1 aromatic carbocycles. The Morgan fingerprint density at radius 1 is 1.39 bits per heavy atom. The lowest BCUT2D eigenvalue weighted by Gasteiger charge is -2.02.